The van der Waals surface area contributed by atoms with Crippen LogP contribution in [0.15, 0.2) is 134 Å². The zero-order valence-corrected chi connectivity index (χ0v) is 46.8. The van der Waals surface area contributed by atoms with Gasteiger partial charge >= 0.3 is 0 Å². The molecular weight excluding hydrogens is 893 g/mol. The van der Waals surface area contributed by atoms with Crippen LogP contribution < -0.4 is 9.42 Å². The first-order valence-corrected chi connectivity index (χ1v) is 26.0. The number of pyridine rings is 2. The maximum absolute atomic E-state index is 7.09. The van der Waals surface area contributed by atoms with Gasteiger partial charge < -0.3 is 4.74 Å². The van der Waals surface area contributed by atoms with Gasteiger partial charge in [-0.25, -0.2) is 4.98 Å². The molecule has 376 valence electrons. The summed E-state index contributed by atoms with van der Waals surface area (Å²) in [6.45, 7) is 40.6. The Hall–Kier alpha value is -6.86. The smallest absolute Gasteiger partial charge is 0.275 e. The van der Waals surface area contributed by atoms with Crippen molar-refractivity contribution in [1.29, 1.82) is 0 Å². The van der Waals surface area contributed by atoms with Gasteiger partial charge in [0.25, 0.3) is 6.33 Å². The lowest BCUT2D eigenvalue weighted by Gasteiger charge is -2.26. The largest absolute Gasteiger partial charge is 0.458 e. The molecule has 7 heteroatoms. The summed E-state index contributed by atoms with van der Waals surface area (Å²) >= 11 is 0. The van der Waals surface area contributed by atoms with Crippen molar-refractivity contribution in [3.8, 4) is 51.3 Å². The van der Waals surface area contributed by atoms with Crippen LogP contribution in [0, 0.1) is 6.33 Å². The van der Waals surface area contributed by atoms with E-state index in [-0.39, 0.29) is 32.5 Å². The third-order valence-electron chi connectivity index (χ3n) is 14.1. The van der Waals surface area contributed by atoms with Crippen LogP contribution in [0.3, 0.4) is 0 Å². The molecule has 0 atom stereocenters. The molecule has 7 nitrogen and oxygen atoms in total. The van der Waals surface area contributed by atoms with Gasteiger partial charge in [-0.05, 0) is 102 Å². The standard InChI is InChI=1S/C66H76N6O/c1-61(2,3)45-28-29-67-58(37-45)72-55-27-24-43(42-22-20-19-21-23-42)32-54(55)53-26-25-51(38-56(53)72)73-52-39-57(66(16,17)18)68-59(40-52)70-41-71(50-35-48(64(10,11)12)34-49(36-50)65(13,14)15)69-60(70)44-30-46(62(4,5)6)33-47(31-44)63(7,8)9/h19-40H,1-18H3. The molecule has 0 aliphatic heterocycles. The number of hydrogen-bond donors (Lipinski definition) is 0. The second-order valence-electron chi connectivity index (χ2n) is 26.4. The molecule has 0 N–H and O–H groups in total. The van der Waals surface area contributed by atoms with Gasteiger partial charge in [0.1, 0.15) is 23.1 Å². The molecule has 4 heterocycles. The molecule has 0 amide bonds. The van der Waals surface area contributed by atoms with Gasteiger partial charge in [0, 0.05) is 51.8 Å². The van der Waals surface area contributed by atoms with Crippen LogP contribution in [-0.2, 0) is 32.5 Å². The molecule has 0 aliphatic carbocycles. The maximum atomic E-state index is 7.09. The van der Waals surface area contributed by atoms with Crippen molar-refractivity contribution < 1.29 is 9.42 Å². The fraction of sp³-hybridized carbons (Fsp3) is 0.364. The molecule has 0 saturated carbocycles. The normalized spacial score (nSPS) is 13.1. The van der Waals surface area contributed by atoms with Crippen molar-refractivity contribution in [3.05, 3.63) is 173 Å². The minimum absolute atomic E-state index is 0.0586. The third kappa shape index (κ3) is 10.5. The fourth-order valence-electron chi connectivity index (χ4n) is 9.30. The number of benzene rings is 5. The summed E-state index contributed by atoms with van der Waals surface area (Å²) in [7, 11) is 0. The lowest BCUT2D eigenvalue weighted by molar-refractivity contribution is -0.660. The molecule has 0 fully saturated rings. The van der Waals surface area contributed by atoms with Crippen LogP contribution >= 0.6 is 0 Å². The number of hydrogen-bond acceptors (Lipinski definition) is 4. The first-order valence-electron chi connectivity index (χ1n) is 26.0. The first kappa shape index (κ1) is 51.1. The van der Waals surface area contributed by atoms with Crippen LogP contribution in [0.5, 0.6) is 11.5 Å². The van der Waals surface area contributed by atoms with Crippen molar-refractivity contribution >= 4 is 21.8 Å². The first-order chi connectivity index (χ1) is 33.9. The van der Waals surface area contributed by atoms with Gasteiger partial charge in [-0.2, -0.15) is 4.68 Å². The summed E-state index contributed by atoms with van der Waals surface area (Å²) < 4.78 is 13.3. The molecule has 0 bridgehead atoms. The highest BCUT2D eigenvalue weighted by atomic mass is 16.5. The van der Waals surface area contributed by atoms with E-state index in [1.807, 2.05) is 21.5 Å². The monoisotopic (exact) mass is 969 g/mol. The molecule has 5 aromatic carbocycles. The van der Waals surface area contributed by atoms with E-state index in [9.17, 15) is 0 Å². The van der Waals surface area contributed by atoms with Crippen LogP contribution in [0.4, 0.5) is 0 Å². The Balaban J connectivity index is 1.26. The molecule has 9 aromatic rings. The average Bonchev–Trinajstić information content (AvgIpc) is 3.90. The number of ether oxygens (including phenoxy) is 1. The molecule has 4 aromatic heterocycles. The molecular formula is C66H76N6O. The van der Waals surface area contributed by atoms with Gasteiger partial charge in [-0.3, -0.25) is 14.1 Å². The van der Waals surface area contributed by atoms with E-state index < -0.39 is 0 Å². The number of fused-ring (bicyclic) bond motifs is 3. The van der Waals surface area contributed by atoms with Crippen LogP contribution in [0.25, 0.3) is 61.6 Å². The fourth-order valence-corrected chi connectivity index (χ4v) is 9.30. The van der Waals surface area contributed by atoms with E-state index >= 15 is 0 Å². The molecule has 0 unspecified atom stereocenters. The Morgan fingerprint density at radius 2 is 1.03 bits per heavy atom. The summed E-state index contributed by atoms with van der Waals surface area (Å²) in [6.07, 6.45) is 5.67. The Labute approximate surface area is 435 Å². The Kier molecular flexibility index (Phi) is 12.6. The van der Waals surface area contributed by atoms with Gasteiger partial charge in [-0.1, -0.05) is 197 Å². The summed E-state index contributed by atoms with van der Waals surface area (Å²) in [5.41, 5.74) is 12.7. The predicted octanol–water partition coefficient (Wildman–Crippen LogP) is 16.7. The summed E-state index contributed by atoms with van der Waals surface area (Å²) in [5.74, 6) is 3.64. The molecule has 0 spiro atoms. The Morgan fingerprint density at radius 3 is 1.60 bits per heavy atom. The van der Waals surface area contributed by atoms with Gasteiger partial charge in [-0.15, -0.1) is 5.10 Å². The summed E-state index contributed by atoms with van der Waals surface area (Å²) in [4.78, 5) is 10.4. The zero-order valence-electron chi connectivity index (χ0n) is 46.8. The van der Waals surface area contributed by atoms with E-state index in [0.717, 1.165) is 56.0 Å². The lowest BCUT2D eigenvalue weighted by Crippen LogP contribution is -2.34. The van der Waals surface area contributed by atoms with Crippen molar-refractivity contribution in [3.63, 3.8) is 0 Å². The highest BCUT2D eigenvalue weighted by Gasteiger charge is 2.28. The van der Waals surface area contributed by atoms with E-state index in [1.165, 1.54) is 33.4 Å². The van der Waals surface area contributed by atoms with Crippen molar-refractivity contribution in [1.82, 2.24) is 24.2 Å². The topological polar surface area (TPSA) is 61.6 Å². The predicted molar refractivity (Wildman–Crippen MR) is 303 cm³/mol. The summed E-state index contributed by atoms with van der Waals surface area (Å²) in [5, 5.41) is 7.77. The summed E-state index contributed by atoms with van der Waals surface area (Å²) in [6, 6.07) is 46.0. The highest BCUT2D eigenvalue weighted by molar-refractivity contribution is 6.10. The average molecular weight is 969 g/mol. The van der Waals surface area contributed by atoms with E-state index in [2.05, 4.69) is 257 Å². The minimum Gasteiger partial charge on any atom is -0.458 e. The van der Waals surface area contributed by atoms with Crippen molar-refractivity contribution in [2.45, 2.75) is 157 Å². The minimum atomic E-state index is -0.324. The van der Waals surface area contributed by atoms with Crippen LogP contribution in [-0.4, -0.2) is 24.2 Å². The second kappa shape index (κ2) is 18.0. The lowest BCUT2D eigenvalue weighted by atomic mass is 9.79. The highest BCUT2D eigenvalue weighted by Crippen LogP contribution is 2.40. The van der Waals surface area contributed by atoms with Crippen molar-refractivity contribution in [2.75, 3.05) is 0 Å². The Morgan fingerprint density at radius 1 is 0.438 bits per heavy atom. The molecule has 0 radical (unpaired) electrons. The molecule has 0 aliphatic rings. The quantitative estimate of drug-likeness (QED) is 0.118. The van der Waals surface area contributed by atoms with E-state index in [1.54, 1.807) is 0 Å². The SMILES string of the molecule is CC(C)(C)c1cc(-c2n[n+](-c3cc(C(C)(C)C)cc(C(C)(C)C)c3)[c-]n2-c2cc(Oc3ccc4c5cc(-c6ccccc6)ccc5n(-c5cc(C(C)(C)C)ccn5)c4c3)cc(C(C)(C)C)n2)cc(C(C)(C)C)c1. The number of nitrogens with zero attached hydrogens (tertiary/aromatic N) is 6. The van der Waals surface area contributed by atoms with Crippen molar-refractivity contribution in [2.24, 2.45) is 0 Å². The molecule has 9 rings (SSSR count). The number of rotatable bonds is 7. The Bertz CT molecular complexity index is 3470. The number of aromatic nitrogens is 6. The zero-order chi connectivity index (χ0) is 52.8. The van der Waals surface area contributed by atoms with E-state index in [0.29, 0.717) is 17.3 Å². The van der Waals surface area contributed by atoms with Crippen LogP contribution in [0.1, 0.15) is 158 Å². The molecule has 0 saturated heterocycles. The third-order valence-corrected chi connectivity index (χ3v) is 14.1. The van der Waals surface area contributed by atoms with Crippen LogP contribution in [0.2, 0.25) is 0 Å². The molecule has 73 heavy (non-hydrogen) atoms. The van der Waals surface area contributed by atoms with Gasteiger partial charge in [0.05, 0.1) is 16.7 Å². The van der Waals surface area contributed by atoms with Gasteiger partial charge in [0.15, 0.2) is 5.82 Å². The van der Waals surface area contributed by atoms with E-state index in [4.69, 9.17) is 19.8 Å². The van der Waals surface area contributed by atoms with Gasteiger partial charge in [0.2, 0.25) is 0 Å². The maximum Gasteiger partial charge on any atom is 0.275 e. The second-order valence-corrected chi connectivity index (χ2v) is 26.4.